The predicted molar refractivity (Wildman–Crippen MR) is 143 cm³/mol. The van der Waals surface area contributed by atoms with Gasteiger partial charge < -0.3 is 9.64 Å². The Kier molecular flexibility index (Phi) is 6.01. The summed E-state index contributed by atoms with van der Waals surface area (Å²) in [5.74, 6) is 0.0118. The number of rotatable bonds is 5. The van der Waals surface area contributed by atoms with E-state index in [1.165, 1.54) is 30.8 Å². The van der Waals surface area contributed by atoms with E-state index in [9.17, 15) is 9.59 Å². The molecule has 1 aliphatic heterocycles. The first-order chi connectivity index (χ1) is 18.4. The maximum absolute atomic E-state index is 13.3. The van der Waals surface area contributed by atoms with Gasteiger partial charge in [0.2, 0.25) is 0 Å². The quantitative estimate of drug-likeness (QED) is 0.320. The molecule has 1 N–H and O–H groups in total. The Morgan fingerprint density at radius 3 is 2.79 bits per heavy atom. The topological polar surface area (TPSA) is 115 Å². The van der Waals surface area contributed by atoms with Crippen molar-refractivity contribution in [3.63, 3.8) is 0 Å². The third-order valence-corrected chi connectivity index (χ3v) is 7.46. The molecule has 6 rings (SSSR count). The van der Waals surface area contributed by atoms with Crippen LogP contribution in [0.25, 0.3) is 16.6 Å². The summed E-state index contributed by atoms with van der Waals surface area (Å²) >= 11 is 7.49. The lowest BCUT2D eigenvalue weighted by atomic mass is 10.0. The third-order valence-electron chi connectivity index (χ3n) is 6.26. The van der Waals surface area contributed by atoms with Gasteiger partial charge in [0.1, 0.15) is 16.6 Å². The Bertz CT molecular complexity index is 1710. The Hall–Kier alpha value is -4.35. The van der Waals surface area contributed by atoms with Crippen molar-refractivity contribution in [2.45, 2.75) is 20.0 Å². The summed E-state index contributed by atoms with van der Waals surface area (Å²) in [5.41, 5.74) is 4.48. The van der Waals surface area contributed by atoms with Gasteiger partial charge in [0.15, 0.2) is 5.13 Å². The van der Waals surface area contributed by atoms with Gasteiger partial charge >= 0.3 is 0 Å². The first kappa shape index (κ1) is 24.0. The van der Waals surface area contributed by atoms with Gasteiger partial charge in [0.25, 0.3) is 11.8 Å². The molecule has 0 unspecified atom stereocenters. The molecule has 0 atom stereocenters. The highest BCUT2D eigenvalue weighted by molar-refractivity contribution is 7.16. The van der Waals surface area contributed by atoms with Crippen molar-refractivity contribution < 1.29 is 14.3 Å². The minimum atomic E-state index is -0.366. The zero-order chi connectivity index (χ0) is 26.4. The number of fused-ring (bicyclic) bond motifs is 2. The molecule has 5 aromatic rings. The maximum Gasteiger partial charge on any atom is 0.271 e. The summed E-state index contributed by atoms with van der Waals surface area (Å²) in [5, 5.41) is 3.62. The number of methoxy groups -OCH3 is 1. The number of nitrogens with one attached hydrogen (secondary N) is 1. The number of pyridine rings is 3. The number of anilines is 1. The average Bonchev–Trinajstić information content (AvgIpc) is 3.63. The Labute approximate surface area is 225 Å². The van der Waals surface area contributed by atoms with Crippen LogP contribution in [0.3, 0.4) is 0 Å². The fourth-order valence-corrected chi connectivity index (χ4v) is 5.58. The van der Waals surface area contributed by atoms with Crippen LogP contribution in [-0.4, -0.2) is 48.2 Å². The normalized spacial score (nSPS) is 12.6. The van der Waals surface area contributed by atoms with E-state index in [4.69, 9.17) is 16.3 Å². The number of hydrogen-bond acceptors (Lipinski definition) is 8. The van der Waals surface area contributed by atoms with Gasteiger partial charge in [0, 0.05) is 23.0 Å². The summed E-state index contributed by atoms with van der Waals surface area (Å²) in [6.45, 7) is 2.61. The van der Waals surface area contributed by atoms with Crippen molar-refractivity contribution in [1.82, 2.24) is 29.2 Å². The Morgan fingerprint density at radius 1 is 1.11 bits per heavy atom. The highest BCUT2D eigenvalue weighted by atomic mass is 35.5. The van der Waals surface area contributed by atoms with E-state index in [-0.39, 0.29) is 17.0 Å². The molecule has 0 radical (unpaired) electrons. The number of nitrogens with zero attached hydrogens (tertiary/aromatic N) is 6. The maximum atomic E-state index is 13.3. The smallest absolute Gasteiger partial charge is 0.271 e. The zero-order valence-electron chi connectivity index (χ0n) is 20.3. The van der Waals surface area contributed by atoms with E-state index >= 15 is 0 Å². The van der Waals surface area contributed by atoms with Crippen LogP contribution >= 0.6 is 22.9 Å². The number of hydrogen-bond donors (Lipinski definition) is 1. The van der Waals surface area contributed by atoms with Gasteiger partial charge in [-0.2, -0.15) is 0 Å². The first-order valence-electron chi connectivity index (χ1n) is 11.6. The van der Waals surface area contributed by atoms with E-state index in [0.717, 1.165) is 21.8 Å². The van der Waals surface area contributed by atoms with E-state index in [0.29, 0.717) is 46.4 Å². The molecule has 0 bridgehead atoms. The summed E-state index contributed by atoms with van der Waals surface area (Å²) in [6.07, 6.45) is 6.37. The molecule has 12 heteroatoms. The van der Waals surface area contributed by atoms with Crippen molar-refractivity contribution in [3.8, 4) is 16.9 Å². The van der Waals surface area contributed by atoms with E-state index in [1.807, 2.05) is 19.1 Å². The Morgan fingerprint density at radius 2 is 1.97 bits per heavy atom. The molecule has 190 valence electrons. The lowest BCUT2D eigenvalue weighted by Gasteiger charge is -2.16. The number of carbonyl (C=O) groups excluding carboxylic acids is 2. The largest absolute Gasteiger partial charge is 0.494 e. The third kappa shape index (κ3) is 4.25. The number of thiazole rings is 1. The van der Waals surface area contributed by atoms with E-state index < -0.39 is 0 Å². The lowest BCUT2D eigenvalue weighted by Crippen LogP contribution is -2.27. The van der Waals surface area contributed by atoms with Crippen LogP contribution in [0.15, 0.2) is 55.2 Å². The van der Waals surface area contributed by atoms with Crippen molar-refractivity contribution in [2.24, 2.45) is 0 Å². The molecule has 1 aliphatic rings. The molecule has 6 heterocycles. The molecule has 0 saturated heterocycles. The minimum absolute atomic E-state index is 0.107. The monoisotopic (exact) mass is 545 g/mol. The van der Waals surface area contributed by atoms with Crippen molar-refractivity contribution in [1.29, 1.82) is 0 Å². The van der Waals surface area contributed by atoms with Crippen molar-refractivity contribution in [2.75, 3.05) is 12.4 Å². The number of ether oxygens (including phenoxy) is 1. The summed E-state index contributed by atoms with van der Waals surface area (Å²) in [4.78, 5) is 46.3. The number of halogens is 1. The second kappa shape index (κ2) is 9.51. The fraction of sp³-hybridized carbons (Fsp3) is 0.154. The minimum Gasteiger partial charge on any atom is -0.494 e. The highest BCUT2D eigenvalue weighted by Gasteiger charge is 2.29. The van der Waals surface area contributed by atoms with Crippen LogP contribution in [0.1, 0.15) is 37.1 Å². The molecule has 38 heavy (non-hydrogen) atoms. The highest BCUT2D eigenvalue weighted by Crippen LogP contribution is 2.35. The van der Waals surface area contributed by atoms with E-state index in [2.05, 4.69) is 25.3 Å². The van der Waals surface area contributed by atoms with Gasteiger partial charge in [0.05, 0.1) is 60.6 Å². The zero-order valence-corrected chi connectivity index (χ0v) is 21.9. The standard InChI is InChI=1S/C26H20ClN7O3S/c1-14-6-16(17-7-23(27)30-10-21(17)37-2)18(9-29-14)24(35)32-26-31-19-11-33(12-22(19)38-26)25(36)20-5-3-4-15-8-28-13-34(15)20/h3-10,13H,11-12H2,1-2H3,(H,31,32,35). The molecular weight excluding hydrogens is 526 g/mol. The van der Waals surface area contributed by atoms with E-state index in [1.54, 1.807) is 40.0 Å². The molecule has 0 saturated carbocycles. The SMILES string of the molecule is COc1cnc(Cl)cc1-c1cc(C)ncc1C(=O)Nc1nc2c(s1)CN(C(=O)c1cccc3cncn13)C2. The van der Waals surface area contributed by atoms with Gasteiger partial charge in [-0.15, -0.1) is 0 Å². The number of carbonyl (C=O) groups is 2. The van der Waals surface area contributed by atoms with Gasteiger partial charge in [-0.1, -0.05) is 29.0 Å². The van der Waals surface area contributed by atoms with Crippen LogP contribution in [-0.2, 0) is 13.1 Å². The van der Waals surface area contributed by atoms with Crippen LogP contribution in [0.5, 0.6) is 5.75 Å². The molecule has 0 spiro atoms. The first-order valence-corrected chi connectivity index (χ1v) is 12.8. The second-order valence-electron chi connectivity index (χ2n) is 8.68. The molecule has 2 amide bonds. The molecule has 10 nitrogen and oxygen atoms in total. The molecule has 5 aromatic heterocycles. The number of amides is 2. The Balaban J connectivity index is 1.22. The molecule has 0 fully saturated rings. The van der Waals surface area contributed by atoms with Crippen molar-refractivity contribution >= 4 is 45.4 Å². The van der Waals surface area contributed by atoms with Gasteiger partial charge in [-0.25, -0.2) is 15.0 Å². The summed E-state index contributed by atoms with van der Waals surface area (Å²) in [6, 6.07) is 8.97. The van der Waals surface area contributed by atoms with Gasteiger partial charge in [-0.05, 0) is 31.2 Å². The molecule has 0 aliphatic carbocycles. The number of aryl methyl sites for hydroxylation is 1. The average molecular weight is 546 g/mol. The lowest BCUT2D eigenvalue weighted by molar-refractivity contribution is 0.0743. The number of imidazole rings is 1. The fourth-order valence-electron chi connectivity index (χ4n) is 4.44. The second-order valence-corrected chi connectivity index (χ2v) is 10.2. The van der Waals surface area contributed by atoms with Gasteiger partial charge in [-0.3, -0.25) is 24.3 Å². The predicted octanol–water partition coefficient (Wildman–Crippen LogP) is 4.63. The summed E-state index contributed by atoms with van der Waals surface area (Å²) < 4.78 is 7.22. The van der Waals surface area contributed by atoms with Crippen LogP contribution < -0.4 is 10.1 Å². The molecular formula is C26H20ClN7O3S. The van der Waals surface area contributed by atoms with Crippen LogP contribution in [0.2, 0.25) is 5.15 Å². The number of aromatic nitrogens is 5. The van der Waals surface area contributed by atoms with Crippen LogP contribution in [0, 0.1) is 6.92 Å². The summed E-state index contributed by atoms with van der Waals surface area (Å²) in [7, 11) is 1.53. The van der Waals surface area contributed by atoms with Crippen LogP contribution in [0.4, 0.5) is 5.13 Å². The molecule has 0 aromatic carbocycles. The van der Waals surface area contributed by atoms with Crippen molar-refractivity contribution in [3.05, 3.63) is 87.9 Å².